The van der Waals surface area contributed by atoms with Crippen LogP contribution in [0, 0.1) is 5.82 Å². The lowest BCUT2D eigenvalue weighted by Crippen LogP contribution is -2.31. The minimum absolute atomic E-state index is 0. The molecule has 1 atom stereocenters. The summed E-state index contributed by atoms with van der Waals surface area (Å²) in [6.07, 6.45) is 6.44. The third-order valence-electron chi connectivity index (χ3n) is 7.03. The standard InChI is InChI=1S/C26H25FN4O2.CH4/c1-29-22-9-11-30-10-2-3-23(30)26(22)21-7-6-19(13-24(21)29)31-12-8-20(14-25(31)32)33-16-18-5-4-17(27)15-28-18;/h4-8,12-15,23H,2-3,9-11,16H2,1H3;1H4. The van der Waals surface area contributed by atoms with Crippen LogP contribution in [0.4, 0.5) is 4.39 Å². The first-order valence-electron chi connectivity index (χ1n) is 11.4. The Labute approximate surface area is 198 Å². The molecule has 2 aliphatic heterocycles. The van der Waals surface area contributed by atoms with Gasteiger partial charge in [-0.2, -0.15) is 0 Å². The molecule has 6 nitrogen and oxygen atoms in total. The molecule has 1 unspecified atom stereocenters. The molecule has 4 aromatic rings. The number of ether oxygens (including phenoxy) is 1. The largest absolute Gasteiger partial charge is 0.487 e. The monoisotopic (exact) mass is 460 g/mol. The number of rotatable bonds is 4. The van der Waals surface area contributed by atoms with E-state index in [9.17, 15) is 9.18 Å². The molecule has 3 aromatic heterocycles. The van der Waals surface area contributed by atoms with Crippen LogP contribution in [0.25, 0.3) is 16.6 Å². The van der Waals surface area contributed by atoms with E-state index in [4.69, 9.17) is 4.74 Å². The van der Waals surface area contributed by atoms with Crippen molar-refractivity contribution in [2.75, 3.05) is 13.1 Å². The summed E-state index contributed by atoms with van der Waals surface area (Å²) in [5, 5.41) is 1.30. The zero-order chi connectivity index (χ0) is 22.5. The van der Waals surface area contributed by atoms with Gasteiger partial charge < -0.3 is 9.30 Å². The Hall–Kier alpha value is -3.45. The molecule has 1 aromatic carbocycles. The molecular weight excluding hydrogens is 431 g/mol. The van der Waals surface area contributed by atoms with Gasteiger partial charge in [-0.25, -0.2) is 4.39 Å². The van der Waals surface area contributed by atoms with Gasteiger partial charge in [0.15, 0.2) is 0 Å². The summed E-state index contributed by atoms with van der Waals surface area (Å²) in [5.41, 5.74) is 5.34. The van der Waals surface area contributed by atoms with Gasteiger partial charge in [0.05, 0.1) is 23.1 Å². The molecule has 5 heterocycles. The minimum atomic E-state index is -0.391. The molecule has 0 N–H and O–H groups in total. The number of aromatic nitrogens is 3. The molecule has 0 saturated carbocycles. The molecular formula is C27H29FN4O2. The maximum Gasteiger partial charge on any atom is 0.258 e. The third-order valence-corrected chi connectivity index (χ3v) is 7.03. The first-order valence-corrected chi connectivity index (χ1v) is 11.4. The van der Waals surface area contributed by atoms with Gasteiger partial charge in [-0.15, -0.1) is 0 Å². The van der Waals surface area contributed by atoms with Gasteiger partial charge in [-0.05, 0) is 55.3 Å². The highest BCUT2D eigenvalue weighted by atomic mass is 19.1. The van der Waals surface area contributed by atoms with Gasteiger partial charge in [-0.3, -0.25) is 19.2 Å². The number of benzene rings is 1. The Morgan fingerprint density at radius 1 is 1.15 bits per heavy atom. The molecule has 6 rings (SSSR count). The summed E-state index contributed by atoms with van der Waals surface area (Å²) in [6, 6.07) is 13.0. The summed E-state index contributed by atoms with van der Waals surface area (Å²) in [6.45, 7) is 2.49. The van der Waals surface area contributed by atoms with Crippen molar-refractivity contribution in [1.82, 2.24) is 19.0 Å². The normalized spacial score (nSPS) is 17.3. The second kappa shape index (κ2) is 8.72. The zero-order valence-corrected chi connectivity index (χ0v) is 18.5. The van der Waals surface area contributed by atoms with Gasteiger partial charge in [-0.1, -0.05) is 13.5 Å². The highest BCUT2D eigenvalue weighted by molar-refractivity contribution is 5.88. The minimum Gasteiger partial charge on any atom is -0.487 e. The van der Waals surface area contributed by atoms with Crippen LogP contribution in [-0.2, 0) is 20.1 Å². The highest BCUT2D eigenvalue weighted by Crippen LogP contribution is 2.42. The quantitative estimate of drug-likeness (QED) is 0.440. The number of nitrogens with zero attached hydrogens (tertiary/aromatic N) is 4. The van der Waals surface area contributed by atoms with Crippen LogP contribution in [0.1, 0.15) is 43.3 Å². The fraction of sp³-hybridized carbons (Fsp3) is 0.333. The van der Waals surface area contributed by atoms with Gasteiger partial charge in [0.1, 0.15) is 18.2 Å². The van der Waals surface area contributed by atoms with Crippen molar-refractivity contribution in [1.29, 1.82) is 0 Å². The van der Waals surface area contributed by atoms with Crippen molar-refractivity contribution in [2.24, 2.45) is 7.05 Å². The fourth-order valence-corrected chi connectivity index (χ4v) is 5.41. The van der Waals surface area contributed by atoms with Crippen molar-refractivity contribution < 1.29 is 9.13 Å². The Morgan fingerprint density at radius 2 is 2.03 bits per heavy atom. The lowest BCUT2D eigenvalue weighted by molar-refractivity contribution is 0.242. The summed E-state index contributed by atoms with van der Waals surface area (Å²) < 4.78 is 22.6. The van der Waals surface area contributed by atoms with Crippen molar-refractivity contribution in [3.05, 3.63) is 88.0 Å². The molecule has 0 amide bonds. The number of aryl methyl sites for hydroxylation is 1. The van der Waals surface area contributed by atoms with Crippen LogP contribution in [0.5, 0.6) is 5.75 Å². The van der Waals surface area contributed by atoms with E-state index in [0.29, 0.717) is 17.5 Å². The molecule has 176 valence electrons. The molecule has 1 saturated heterocycles. The van der Waals surface area contributed by atoms with E-state index in [-0.39, 0.29) is 19.6 Å². The lowest BCUT2D eigenvalue weighted by atomic mass is 9.96. The Morgan fingerprint density at radius 3 is 2.82 bits per heavy atom. The van der Waals surface area contributed by atoms with Crippen LogP contribution in [0.15, 0.2) is 59.7 Å². The first kappa shape index (κ1) is 22.3. The zero-order valence-electron chi connectivity index (χ0n) is 18.5. The second-order valence-corrected chi connectivity index (χ2v) is 8.89. The third kappa shape index (κ3) is 3.70. The molecule has 0 aliphatic carbocycles. The van der Waals surface area contributed by atoms with E-state index < -0.39 is 5.82 Å². The number of halogens is 1. The second-order valence-electron chi connectivity index (χ2n) is 8.89. The number of fused-ring (bicyclic) bond motifs is 5. The maximum atomic E-state index is 13.0. The van der Waals surface area contributed by atoms with Crippen LogP contribution in [0.3, 0.4) is 0 Å². The predicted molar refractivity (Wildman–Crippen MR) is 131 cm³/mol. The maximum absolute atomic E-state index is 13.0. The average molecular weight is 461 g/mol. The van der Waals surface area contributed by atoms with Crippen LogP contribution in [-0.4, -0.2) is 32.1 Å². The summed E-state index contributed by atoms with van der Waals surface area (Å²) >= 11 is 0. The molecule has 0 spiro atoms. The van der Waals surface area contributed by atoms with Crippen molar-refractivity contribution in [3.8, 4) is 11.4 Å². The summed E-state index contributed by atoms with van der Waals surface area (Å²) in [5.74, 6) is 0.0667. The van der Waals surface area contributed by atoms with Crippen LogP contribution < -0.4 is 10.3 Å². The molecule has 34 heavy (non-hydrogen) atoms. The fourth-order valence-electron chi connectivity index (χ4n) is 5.41. The molecule has 0 radical (unpaired) electrons. The molecule has 1 fully saturated rings. The molecule has 7 heteroatoms. The number of hydrogen-bond donors (Lipinski definition) is 0. The van der Waals surface area contributed by atoms with Gasteiger partial charge in [0.2, 0.25) is 0 Å². The van der Waals surface area contributed by atoms with E-state index in [0.717, 1.165) is 24.8 Å². The van der Waals surface area contributed by atoms with E-state index >= 15 is 0 Å². The first-order chi connectivity index (χ1) is 16.1. The van der Waals surface area contributed by atoms with E-state index in [2.05, 4.69) is 33.6 Å². The Kier molecular flexibility index (Phi) is 5.73. The van der Waals surface area contributed by atoms with Crippen LogP contribution in [0.2, 0.25) is 0 Å². The highest BCUT2D eigenvalue weighted by Gasteiger charge is 2.34. The van der Waals surface area contributed by atoms with Crippen molar-refractivity contribution in [2.45, 2.75) is 39.3 Å². The van der Waals surface area contributed by atoms with Gasteiger partial charge >= 0.3 is 0 Å². The summed E-state index contributed by atoms with van der Waals surface area (Å²) in [4.78, 5) is 19.5. The van der Waals surface area contributed by atoms with Gasteiger partial charge in [0.25, 0.3) is 5.56 Å². The van der Waals surface area contributed by atoms with E-state index in [1.807, 2.05) is 6.07 Å². The number of pyridine rings is 2. The smallest absolute Gasteiger partial charge is 0.258 e. The number of hydrogen-bond acceptors (Lipinski definition) is 4. The van der Waals surface area contributed by atoms with E-state index in [1.54, 1.807) is 22.9 Å². The molecule has 0 bridgehead atoms. The average Bonchev–Trinajstić information content (AvgIpc) is 3.41. The summed E-state index contributed by atoms with van der Waals surface area (Å²) in [7, 11) is 2.14. The van der Waals surface area contributed by atoms with Crippen LogP contribution >= 0.6 is 0 Å². The van der Waals surface area contributed by atoms with Gasteiger partial charge in [0, 0.05) is 49.4 Å². The van der Waals surface area contributed by atoms with Crippen molar-refractivity contribution >= 4 is 10.9 Å². The predicted octanol–water partition coefficient (Wildman–Crippen LogP) is 4.77. The molecule has 2 aliphatic rings. The SMILES string of the molecule is C.Cn1c2c(c3ccc(-n4ccc(OCc5ccc(F)cn5)cc4=O)cc31)C1CCCN1CC2. The van der Waals surface area contributed by atoms with Crippen molar-refractivity contribution in [3.63, 3.8) is 0 Å². The van der Waals surface area contributed by atoms with E-state index in [1.165, 1.54) is 53.7 Å². The topological polar surface area (TPSA) is 52.3 Å². The Bertz CT molecular complexity index is 1410. The lowest BCUT2D eigenvalue weighted by Gasteiger charge is -2.30. The Balaban J connectivity index is 0.00000241.